The molecule has 0 saturated heterocycles. The lowest BCUT2D eigenvalue weighted by Gasteiger charge is -2.24. The van der Waals surface area contributed by atoms with E-state index in [0.29, 0.717) is 0 Å². The molecule has 142 valence electrons. The van der Waals surface area contributed by atoms with Crippen LogP contribution in [0.15, 0.2) is 24.2 Å². The third-order valence-electron chi connectivity index (χ3n) is 3.22. The van der Waals surface area contributed by atoms with Crippen molar-refractivity contribution in [1.29, 1.82) is 0 Å². The lowest BCUT2D eigenvalue weighted by atomic mass is 9.99. The number of benzene rings is 1. The van der Waals surface area contributed by atoms with Crippen molar-refractivity contribution in [2.45, 2.75) is 45.1 Å². The number of fused-ring (bicyclic) bond motifs is 1. The monoisotopic (exact) mass is 381 g/mol. The van der Waals surface area contributed by atoms with Crippen molar-refractivity contribution in [2.75, 3.05) is 13.5 Å². The number of nitrogens with one attached hydrogen (secondary N) is 2. The van der Waals surface area contributed by atoms with Crippen LogP contribution in [0.3, 0.4) is 0 Å². The molecule has 3 atom stereocenters. The zero-order chi connectivity index (χ0) is 36.6. The van der Waals surface area contributed by atoms with Crippen molar-refractivity contribution in [2.24, 2.45) is 5.89 Å². The van der Waals surface area contributed by atoms with Gasteiger partial charge in [-0.05, 0) is 30.3 Å². The molecule has 26 heavy (non-hydrogen) atoms. The van der Waals surface area contributed by atoms with E-state index in [0.717, 1.165) is 5.32 Å². The van der Waals surface area contributed by atoms with Crippen LogP contribution in [0, 0.1) is 5.89 Å². The largest absolute Gasteiger partial charge is 0.383 e. The zero-order valence-electron chi connectivity index (χ0n) is 33.0. The quantitative estimate of drug-likeness (QED) is 0.687. The number of aliphatic hydroxyl groups is 1. The Bertz CT molecular complexity index is 1420. The van der Waals surface area contributed by atoms with Crippen LogP contribution in [0.5, 0.6) is 0 Å². The Morgan fingerprint density at radius 3 is 2.85 bits per heavy atom. The van der Waals surface area contributed by atoms with Gasteiger partial charge in [0.05, 0.1) is 9.60 Å². The van der Waals surface area contributed by atoms with Gasteiger partial charge in [0.1, 0.15) is 18.1 Å². The number of likely N-dealkylation sites (N-methyl/N-ethyl adjacent to an activating group) is 1. The average molecular weight is 382 g/mol. The molecule has 3 amide bonds. The molecule has 0 saturated carbocycles. The fraction of sp³-hybridized carbons (Fsp3) is 0.526. The molecule has 1 aliphatic heterocycles. The van der Waals surface area contributed by atoms with E-state index in [-0.39, 0.29) is 4.90 Å². The molecule has 1 heterocycles. The first-order valence-corrected chi connectivity index (χ1v) is 6.95. The Morgan fingerprint density at radius 1 is 1.38 bits per heavy atom. The third kappa shape index (κ3) is 4.40. The van der Waals surface area contributed by atoms with Crippen molar-refractivity contribution in [3.8, 4) is 0 Å². The Labute approximate surface area is 181 Å². The fourth-order valence-electron chi connectivity index (χ4n) is 1.94. The number of nitrogens with zero attached hydrogens (tertiary/aromatic N) is 1. The predicted molar refractivity (Wildman–Crippen MR) is 97.1 cm³/mol. The van der Waals surface area contributed by atoms with Gasteiger partial charge in [0.25, 0.3) is 0 Å². The number of hydrogen-bond donors (Lipinski definition) is 3. The lowest BCUT2D eigenvalue weighted by Crippen LogP contribution is -2.51. The van der Waals surface area contributed by atoms with Crippen LogP contribution < -0.4 is 10.6 Å². The van der Waals surface area contributed by atoms with E-state index in [1.54, 1.807) is 0 Å². The molecule has 0 spiro atoms. The van der Waals surface area contributed by atoms with Gasteiger partial charge in [-0.1, -0.05) is 37.9 Å². The summed E-state index contributed by atoms with van der Waals surface area (Å²) in [6.45, 7) is -16.7. The first kappa shape index (κ1) is 6.05. The van der Waals surface area contributed by atoms with Gasteiger partial charge in [-0.3, -0.25) is 14.4 Å². The van der Waals surface area contributed by atoms with Gasteiger partial charge in [0.2, 0.25) is 17.7 Å². The van der Waals surface area contributed by atoms with Crippen LogP contribution >= 0.6 is 0 Å². The van der Waals surface area contributed by atoms with Gasteiger partial charge in [-0.25, -0.2) is 0 Å². The van der Waals surface area contributed by atoms with E-state index >= 15 is 0 Å². The highest BCUT2D eigenvalue weighted by molar-refractivity contribution is 5.93. The molecule has 1 aliphatic rings. The highest BCUT2D eigenvalue weighted by atomic mass is 16.3. The number of hydrogen-bond acceptors (Lipinski definition) is 4. The summed E-state index contributed by atoms with van der Waals surface area (Å²) in [6.07, 6.45) is -5.28. The molecular formula is C19H27N3O4. The molecule has 0 unspecified atom stereocenters. The summed E-state index contributed by atoms with van der Waals surface area (Å²) < 4.78 is 156. The molecule has 3 N–H and O–H groups in total. The van der Waals surface area contributed by atoms with Crippen molar-refractivity contribution in [3.05, 3.63) is 35.3 Å². The molecule has 0 aromatic heterocycles. The molecule has 0 fully saturated rings. The molecule has 0 aliphatic carbocycles. The summed E-state index contributed by atoms with van der Waals surface area (Å²) in [5.74, 6) is -11.5. The number of amides is 3. The van der Waals surface area contributed by atoms with E-state index in [2.05, 4.69) is 0 Å². The maximum atomic E-state index is 13.6. The third-order valence-corrected chi connectivity index (χ3v) is 3.22. The number of carbonyl (C=O) groups is 3. The Kier molecular flexibility index (Phi) is 1.94. The minimum Gasteiger partial charge on any atom is -0.383 e. The summed E-state index contributed by atoms with van der Waals surface area (Å²) in [4.78, 5) is 40.2. The van der Waals surface area contributed by atoms with Crippen LogP contribution in [0.1, 0.15) is 65.1 Å². The van der Waals surface area contributed by atoms with Gasteiger partial charge < -0.3 is 20.6 Å². The van der Waals surface area contributed by atoms with Gasteiger partial charge in [0.15, 0.2) is 0 Å². The molecule has 2 rings (SSSR count). The van der Waals surface area contributed by atoms with Gasteiger partial charge in [0, 0.05) is 31.3 Å². The normalized spacial score (nSPS) is 38.2. The molecular weight excluding hydrogens is 334 g/mol. The first-order valence-electron chi connectivity index (χ1n) is 17.0. The van der Waals surface area contributed by atoms with Gasteiger partial charge in [-0.15, -0.1) is 0 Å². The van der Waals surface area contributed by atoms with Crippen molar-refractivity contribution < 1.29 is 46.9 Å². The average Bonchev–Trinajstić information content (AvgIpc) is 2.97. The minimum absolute atomic E-state index is 0.00953. The molecule has 7 nitrogen and oxygen atoms in total. The molecule has 7 heteroatoms. The Balaban J connectivity index is 2.84. The minimum atomic E-state index is -4.65. The number of carbonyl (C=O) groups excluding carboxylic acids is 3. The van der Waals surface area contributed by atoms with E-state index < -0.39 is 118 Å². The Hall–Kier alpha value is -2.41. The van der Waals surface area contributed by atoms with Crippen LogP contribution in [-0.2, 0) is 20.8 Å². The highest BCUT2D eigenvalue weighted by Gasteiger charge is 2.32. The Morgan fingerprint density at radius 2 is 2.15 bits per heavy atom. The topological polar surface area (TPSA) is 98.7 Å². The van der Waals surface area contributed by atoms with Crippen LogP contribution in [0.2, 0.25) is 0 Å². The molecule has 1 aromatic carbocycles. The fourth-order valence-corrected chi connectivity index (χ4v) is 1.94. The summed E-state index contributed by atoms with van der Waals surface area (Å²) >= 11 is 0. The summed E-state index contributed by atoms with van der Waals surface area (Å²) in [5, 5.41) is 12.9. The molecule has 0 radical (unpaired) electrons. The maximum absolute atomic E-state index is 13.6. The highest BCUT2D eigenvalue weighted by Crippen LogP contribution is 2.24. The maximum Gasteiger partial charge on any atom is 0.249 e. The second kappa shape index (κ2) is 8.31. The summed E-state index contributed by atoms with van der Waals surface area (Å²) in [5.41, 5.74) is -1.63. The van der Waals surface area contributed by atoms with E-state index in [4.69, 9.17) is 27.4 Å². The SMILES string of the molecule is [2H]c1c([2H])c([2H])c2c(c1[2H])CCN(C([2H])([2H])[2H])C(=O)[C@@]2([2H])NC(=O)[C@@]([2H])(NC(=O)[C@@]([2H])(O)C([2H])(C([2H])([2H])[2H])C([2H])([2H])[2H])C([2H])([2H])[2H]. The van der Waals surface area contributed by atoms with E-state index in [1.165, 1.54) is 5.32 Å². The first-order chi connectivity index (χ1) is 20.2. The molecule has 1 aromatic rings. The standard InChI is InChI=1S/C19H27N3O4/c1-11(2)16(23)18(25)20-12(3)17(24)21-15-14-8-6-5-7-13(14)9-10-22(4)19(15)26/h5-8,11-12,15-16,23H,9-10H2,1-4H3,(H,20,25)(H,21,24)/t12-,15-,16-/m0/s1/i1D3,2D3,3D3,4D3,5D,6D,7D,8D,11D,12D,15D,16D. The van der Waals surface area contributed by atoms with Gasteiger partial charge >= 0.3 is 0 Å². The zero-order valence-corrected chi connectivity index (χ0v) is 13.0. The van der Waals surface area contributed by atoms with E-state index in [9.17, 15) is 19.5 Å². The van der Waals surface area contributed by atoms with E-state index in [1.807, 2.05) is 0 Å². The number of rotatable bonds is 5. The van der Waals surface area contributed by atoms with Crippen LogP contribution in [0.25, 0.3) is 0 Å². The second-order valence-corrected chi connectivity index (χ2v) is 4.94. The smallest absolute Gasteiger partial charge is 0.249 e. The van der Waals surface area contributed by atoms with Crippen molar-refractivity contribution in [3.63, 3.8) is 0 Å². The van der Waals surface area contributed by atoms with Gasteiger partial charge in [-0.2, -0.15) is 0 Å². The van der Waals surface area contributed by atoms with Crippen LogP contribution in [-0.4, -0.2) is 53.3 Å². The summed E-state index contributed by atoms with van der Waals surface area (Å²) in [6, 6.07) is -11.9. The molecule has 0 bridgehead atoms. The predicted octanol–water partition coefficient (Wildman–Crippen LogP) is 0.380. The van der Waals surface area contributed by atoms with Crippen molar-refractivity contribution in [1.82, 2.24) is 15.5 Å². The lowest BCUT2D eigenvalue weighted by molar-refractivity contribution is -0.137. The summed E-state index contributed by atoms with van der Waals surface area (Å²) in [7, 11) is 0. The van der Waals surface area contributed by atoms with Crippen LogP contribution in [0.4, 0.5) is 0 Å². The second-order valence-electron chi connectivity index (χ2n) is 4.94. The van der Waals surface area contributed by atoms with Crippen molar-refractivity contribution >= 4 is 17.7 Å².